The molecule has 0 aliphatic heterocycles. The first-order valence-electron chi connectivity index (χ1n) is 17.5. The number of hydrogen-bond donors (Lipinski definition) is 0. The second-order valence-corrected chi connectivity index (χ2v) is 13.2. The molecule has 0 fully saturated rings. The van der Waals surface area contributed by atoms with E-state index in [4.69, 9.17) is 4.98 Å². The Hall–Kier alpha value is -6.77. The molecule has 0 unspecified atom stereocenters. The van der Waals surface area contributed by atoms with E-state index in [1.807, 2.05) is 6.07 Å². The van der Waals surface area contributed by atoms with Crippen LogP contribution < -0.4 is 0 Å². The lowest BCUT2D eigenvalue weighted by Gasteiger charge is -2.18. The summed E-state index contributed by atoms with van der Waals surface area (Å²) in [4.78, 5) is 5.06. The second-order valence-electron chi connectivity index (χ2n) is 13.2. The van der Waals surface area contributed by atoms with E-state index in [0.29, 0.717) is 0 Å². The minimum atomic E-state index is 0.940. The van der Waals surface area contributed by atoms with E-state index in [1.165, 1.54) is 65.7 Å². The van der Waals surface area contributed by atoms with Crippen LogP contribution in [0.2, 0.25) is 0 Å². The molecule has 0 spiro atoms. The minimum absolute atomic E-state index is 0.940. The summed E-state index contributed by atoms with van der Waals surface area (Å²) in [6.07, 6.45) is 0. The Balaban J connectivity index is 1.05. The van der Waals surface area contributed by atoms with Gasteiger partial charge < -0.3 is 0 Å². The van der Waals surface area contributed by atoms with Gasteiger partial charge in [0.1, 0.15) is 5.82 Å². The molecule has 0 saturated carbocycles. The van der Waals surface area contributed by atoms with Crippen LogP contribution in [-0.4, -0.2) is 9.55 Å². The number of imidazole rings is 1. The molecule has 0 atom stereocenters. The maximum Gasteiger partial charge on any atom is 0.145 e. The Morgan fingerprint density at radius 2 is 0.804 bits per heavy atom. The molecule has 1 aromatic heterocycles. The number of rotatable bonds is 5. The van der Waals surface area contributed by atoms with Gasteiger partial charge in [-0.15, -0.1) is 0 Å². The predicted molar refractivity (Wildman–Crippen MR) is 215 cm³/mol. The van der Waals surface area contributed by atoms with Crippen LogP contribution in [0, 0.1) is 0 Å². The van der Waals surface area contributed by atoms with Crippen LogP contribution in [0.4, 0.5) is 0 Å². The molecular weight excluding hydrogens is 617 g/mol. The molecule has 238 valence electrons. The molecule has 0 N–H and O–H groups in total. The van der Waals surface area contributed by atoms with E-state index in [-0.39, 0.29) is 0 Å². The van der Waals surface area contributed by atoms with Crippen LogP contribution in [0.3, 0.4) is 0 Å². The van der Waals surface area contributed by atoms with Gasteiger partial charge in [0.05, 0.1) is 11.0 Å². The summed E-state index contributed by atoms with van der Waals surface area (Å²) in [5.41, 5.74) is 11.6. The lowest BCUT2D eigenvalue weighted by Crippen LogP contribution is -1.97. The maximum atomic E-state index is 5.06. The van der Waals surface area contributed by atoms with Gasteiger partial charge >= 0.3 is 0 Å². The van der Waals surface area contributed by atoms with Gasteiger partial charge in [-0.05, 0) is 96.0 Å². The van der Waals surface area contributed by atoms with Crippen molar-refractivity contribution >= 4 is 43.4 Å². The van der Waals surface area contributed by atoms with Crippen molar-refractivity contribution in [3.8, 4) is 50.5 Å². The molecule has 0 aliphatic carbocycles. The molecule has 51 heavy (non-hydrogen) atoms. The van der Waals surface area contributed by atoms with E-state index in [1.54, 1.807) is 0 Å². The van der Waals surface area contributed by atoms with Gasteiger partial charge in [-0.3, -0.25) is 4.57 Å². The van der Waals surface area contributed by atoms with Crippen molar-refractivity contribution in [2.75, 3.05) is 0 Å². The zero-order valence-corrected chi connectivity index (χ0v) is 27.9. The van der Waals surface area contributed by atoms with Crippen LogP contribution in [0.25, 0.3) is 93.8 Å². The van der Waals surface area contributed by atoms with Crippen molar-refractivity contribution in [2.45, 2.75) is 0 Å². The molecule has 2 nitrogen and oxygen atoms in total. The molecule has 0 amide bonds. The van der Waals surface area contributed by atoms with Gasteiger partial charge in [0.2, 0.25) is 0 Å². The number of fused-ring (bicyclic) bond motifs is 4. The quantitative estimate of drug-likeness (QED) is 0.170. The Morgan fingerprint density at radius 1 is 0.333 bits per heavy atom. The third-order valence-corrected chi connectivity index (χ3v) is 10.2. The molecule has 0 saturated heterocycles. The zero-order valence-electron chi connectivity index (χ0n) is 27.9. The fourth-order valence-corrected chi connectivity index (χ4v) is 7.79. The van der Waals surface area contributed by atoms with Crippen molar-refractivity contribution in [3.63, 3.8) is 0 Å². The van der Waals surface area contributed by atoms with Crippen molar-refractivity contribution in [3.05, 3.63) is 194 Å². The van der Waals surface area contributed by atoms with Gasteiger partial charge in [-0.2, -0.15) is 0 Å². The highest BCUT2D eigenvalue weighted by molar-refractivity contribution is 6.21. The molecule has 1 heterocycles. The molecule has 0 radical (unpaired) electrons. The first-order chi connectivity index (χ1) is 25.3. The Kier molecular flexibility index (Phi) is 6.85. The average molecular weight is 649 g/mol. The van der Waals surface area contributed by atoms with E-state index < -0.39 is 0 Å². The predicted octanol–water partition coefficient (Wildman–Crippen LogP) is 13.2. The first kappa shape index (κ1) is 29.2. The van der Waals surface area contributed by atoms with E-state index in [9.17, 15) is 0 Å². The lowest BCUT2D eigenvalue weighted by molar-refractivity contribution is 1.10. The van der Waals surface area contributed by atoms with Crippen molar-refractivity contribution in [1.82, 2.24) is 9.55 Å². The fraction of sp³-hybridized carbons (Fsp3) is 0. The number of aromatic nitrogens is 2. The van der Waals surface area contributed by atoms with Crippen molar-refractivity contribution in [1.29, 1.82) is 0 Å². The maximum absolute atomic E-state index is 5.06. The van der Waals surface area contributed by atoms with Gasteiger partial charge in [-0.25, -0.2) is 4.98 Å². The van der Waals surface area contributed by atoms with E-state index in [0.717, 1.165) is 28.1 Å². The second kappa shape index (κ2) is 12.0. The summed E-state index contributed by atoms with van der Waals surface area (Å²) in [6, 6.07) is 69.9. The summed E-state index contributed by atoms with van der Waals surface area (Å²) in [5, 5.41) is 7.57. The molecule has 9 aromatic carbocycles. The molecule has 0 bridgehead atoms. The topological polar surface area (TPSA) is 17.8 Å². The zero-order chi connectivity index (χ0) is 33.7. The van der Waals surface area contributed by atoms with Gasteiger partial charge in [-0.1, -0.05) is 164 Å². The third-order valence-electron chi connectivity index (χ3n) is 10.2. The highest BCUT2D eigenvalue weighted by atomic mass is 15.1. The largest absolute Gasteiger partial charge is 0.292 e. The van der Waals surface area contributed by atoms with E-state index in [2.05, 4.69) is 193 Å². The number of nitrogens with zero attached hydrogens (tertiary/aromatic N) is 2. The average Bonchev–Trinajstić information content (AvgIpc) is 3.60. The number of hydrogen-bond acceptors (Lipinski definition) is 1. The summed E-state index contributed by atoms with van der Waals surface area (Å²) in [5.74, 6) is 0.940. The fourth-order valence-electron chi connectivity index (χ4n) is 7.79. The van der Waals surface area contributed by atoms with Crippen LogP contribution >= 0.6 is 0 Å². The highest BCUT2D eigenvalue weighted by Crippen LogP contribution is 2.44. The molecule has 2 heteroatoms. The summed E-state index contributed by atoms with van der Waals surface area (Å²) in [7, 11) is 0. The lowest BCUT2D eigenvalue weighted by atomic mass is 9.85. The van der Waals surface area contributed by atoms with Crippen LogP contribution in [0.15, 0.2) is 194 Å². The SMILES string of the molecule is c1ccc(-n2c(-c3ccc(-c4ccc(-c5c6ccccc6c(-c6ccc7ccccc7c6)c6ccccc56)cc4)cc3)nc3ccccc32)cc1. The van der Waals surface area contributed by atoms with Crippen molar-refractivity contribution in [2.24, 2.45) is 0 Å². The molecule has 10 rings (SSSR count). The Morgan fingerprint density at radius 3 is 1.45 bits per heavy atom. The molecule has 10 aromatic rings. The number of para-hydroxylation sites is 3. The third kappa shape index (κ3) is 4.92. The highest BCUT2D eigenvalue weighted by Gasteiger charge is 2.18. The van der Waals surface area contributed by atoms with Gasteiger partial charge in [0.25, 0.3) is 0 Å². The first-order valence-corrected chi connectivity index (χ1v) is 17.5. The monoisotopic (exact) mass is 648 g/mol. The van der Waals surface area contributed by atoms with Crippen molar-refractivity contribution < 1.29 is 0 Å². The Labute approximate surface area is 296 Å². The minimum Gasteiger partial charge on any atom is -0.292 e. The van der Waals surface area contributed by atoms with Crippen LogP contribution in [0.5, 0.6) is 0 Å². The van der Waals surface area contributed by atoms with Crippen LogP contribution in [0.1, 0.15) is 0 Å². The Bertz CT molecular complexity index is 2820. The standard InChI is InChI=1S/C49H32N2/c1-2-14-40(15-3-1)51-46-21-11-10-20-45(46)50-49(51)37-29-24-35(25-30-37)34-22-27-36(28-23-34)47-41-16-6-8-18-43(41)48(44-19-9-7-17-42(44)47)39-31-26-33-12-4-5-13-38(33)32-39/h1-32H. The van der Waals surface area contributed by atoms with Gasteiger partial charge in [0, 0.05) is 11.3 Å². The summed E-state index contributed by atoms with van der Waals surface area (Å²) < 4.78 is 2.25. The van der Waals surface area contributed by atoms with Gasteiger partial charge in [0.15, 0.2) is 0 Å². The summed E-state index contributed by atoms with van der Waals surface area (Å²) >= 11 is 0. The number of benzene rings is 9. The summed E-state index contributed by atoms with van der Waals surface area (Å²) in [6.45, 7) is 0. The van der Waals surface area contributed by atoms with E-state index >= 15 is 0 Å². The normalized spacial score (nSPS) is 11.5. The molecular formula is C49H32N2. The van der Waals surface area contributed by atoms with Crippen LogP contribution in [-0.2, 0) is 0 Å². The smallest absolute Gasteiger partial charge is 0.145 e. The molecule has 0 aliphatic rings.